The van der Waals surface area contributed by atoms with E-state index in [0.29, 0.717) is 6.42 Å². The topological polar surface area (TPSA) is 160 Å². The third-order valence-corrected chi connectivity index (χ3v) is 12.2. The number of hydrogen-bond donors (Lipinski definition) is 4. The minimum atomic E-state index is -2.24. The van der Waals surface area contributed by atoms with Crippen molar-refractivity contribution in [3.05, 3.63) is 23.3 Å². The minimum Gasteiger partial charge on any atom is -0.458 e. The van der Waals surface area contributed by atoms with Gasteiger partial charge in [0.1, 0.15) is 12.2 Å². The molecule has 10 heteroatoms. The van der Waals surface area contributed by atoms with Crippen LogP contribution in [0.15, 0.2) is 23.3 Å². The predicted octanol–water partition coefficient (Wildman–Crippen LogP) is 6.00. The number of aliphatic hydroxyl groups is 3. The van der Waals surface area contributed by atoms with Crippen LogP contribution < -0.4 is 0 Å². The van der Waals surface area contributed by atoms with E-state index in [9.17, 15) is 35.0 Å². The van der Waals surface area contributed by atoms with Crippen LogP contribution >= 0.6 is 0 Å². The first-order valence-electron chi connectivity index (χ1n) is 18.4. The Morgan fingerprint density at radius 2 is 1.46 bits per heavy atom. The molecule has 9 atom stereocenters. The molecule has 0 aliphatic heterocycles. The van der Waals surface area contributed by atoms with Gasteiger partial charge in [-0.3, -0.25) is 19.6 Å². The molecule has 0 aromatic carbocycles. The van der Waals surface area contributed by atoms with Crippen molar-refractivity contribution >= 4 is 17.7 Å². The van der Waals surface area contributed by atoms with Crippen LogP contribution in [-0.2, 0) is 28.7 Å². The van der Waals surface area contributed by atoms with E-state index >= 15 is 0 Å². The van der Waals surface area contributed by atoms with Crippen LogP contribution in [0.1, 0.15) is 131 Å². The van der Waals surface area contributed by atoms with E-state index in [1.165, 1.54) is 76.9 Å². The van der Waals surface area contributed by atoms with E-state index < -0.39 is 82.4 Å². The van der Waals surface area contributed by atoms with E-state index in [1.807, 2.05) is 13.8 Å². The SMILES string of the molecule is CCCCCCCCCCCCCCCC(=O)O[C@@H]1[C@@H](C)[C@@]2(O)[C@H]([C@@H]3C(C)(C)[C@]13OC(C)=O)[C@@H](OO)C(CO)=C[C@]1(O)C(=O)C(C)=C[C@@H]21. The van der Waals surface area contributed by atoms with Gasteiger partial charge in [0, 0.05) is 42.4 Å². The molecule has 0 spiro atoms. The quantitative estimate of drug-likeness (QED) is 0.0446. The second-order valence-corrected chi connectivity index (χ2v) is 15.6. The number of esters is 2. The average molecular weight is 677 g/mol. The lowest BCUT2D eigenvalue weighted by Gasteiger charge is -2.54. The van der Waals surface area contributed by atoms with Crippen molar-refractivity contribution in [2.45, 2.75) is 160 Å². The van der Waals surface area contributed by atoms with E-state index in [1.54, 1.807) is 13.8 Å². The van der Waals surface area contributed by atoms with E-state index in [4.69, 9.17) is 14.4 Å². The third-order valence-electron chi connectivity index (χ3n) is 12.2. The number of aliphatic hydroxyl groups excluding tert-OH is 1. The molecule has 272 valence electrons. The highest BCUT2D eigenvalue weighted by atomic mass is 17.1. The molecule has 0 unspecified atom stereocenters. The van der Waals surface area contributed by atoms with Gasteiger partial charge in [0.15, 0.2) is 17.0 Å². The largest absolute Gasteiger partial charge is 0.458 e. The molecule has 0 aromatic rings. The van der Waals surface area contributed by atoms with Crippen LogP contribution in [0.25, 0.3) is 0 Å². The fraction of sp³-hybridized carbons (Fsp3) is 0.816. The summed E-state index contributed by atoms with van der Waals surface area (Å²) in [5, 5.41) is 45.3. The second kappa shape index (κ2) is 15.4. The summed E-state index contributed by atoms with van der Waals surface area (Å²) in [5.74, 6) is -5.72. The molecule has 0 saturated heterocycles. The Bertz CT molecular complexity index is 1240. The summed E-state index contributed by atoms with van der Waals surface area (Å²) in [7, 11) is 0. The Hall–Kier alpha value is -2.11. The number of Topliss-reactive ketones (excluding diaryl/α,β-unsaturated/α-hetero) is 1. The highest BCUT2D eigenvalue weighted by molar-refractivity contribution is 6.06. The minimum absolute atomic E-state index is 0.0202. The Kier molecular flexibility index (Phi) is 12.4. The normalized spacial score (nSPS) is 36.2. The number of unbranched alkanes of at least 4 members (excludes halogenated alkanes) is 12. The Labute approximate surface area is 286 Å². The molecule has 0 amide bonds. The van der Waals surface area contributed by atoms with Gasteiger partial charge < -0.3 is 24.8 Å². The summed E-state index contributed by atoms with van der Waals surface area (Å²) in [4.78, 5) is 44.4. The Morgan fingerprint density at radius 1 is 0.917 bits per heavy atom. The highest BCUT2D eigenvalue weighted by Gasteiger charge is 2.89. The molecule has 2 fully saturated rings. The zero-order chi connectivity index (χ0) is 35.5. The third kappa shape index (κ3) is 6.69. The molecule has 48 heavy (non-hydrogen) atoms. The number of rotatable bonds is 18. The fourth-order valence-corrected chi connectivity index (χ4v) is 9.73. The van der Waals surface area contributed by atoms with Crippen molar-refractivity contribution in [2.24, 2.45) is 29.1 Å². The van der Waals surface area contributed by atoms with Gasteiger partial charge in [-0.05, 0) is 30.6 Å². The molecule has 2 saturated carbocycles. The number of ether oxygens (including phenoxy) is 2. The van der Waals surface area contributed by atoms with Gasteiger partial charge in [-0.25, -0.2) is 4.89 Å². The van der Waals surface area contributed by atoms with Crippen LogP contribution in [0, 0.1) is 29.1 Å². The maximum atomic E-state index is 13.4. The molecule has 4 N–H and O–H groups in total. The van der Waals surface area contributed by atoms with Crippen molar-refractivity contribution < 1.29 is 49.3 Å². The van der Waals surface area contributed by atoms with Crippen molar-refractivity contribution in [3.63, 3.8) is 0 Å². The van der Waals surface area contributed by atoms with Gasteiger partial charge in [0.25, 0.3) is 0 Å². The number of carbonyl (C=O) groups excluding carboxylic acids is 3. The smallest absolute Gasteiger partial charge is 0.306 e. The summed E-state index contributed by atoms with van der Waals surface area (Å²) in [6.45, 7) is 9.70. The summed E-state index contributed by atoms with van der Waals surface area (Å²) >= 11 is 0. The van der Waals surface area contributed by atoms with E-state index in [-0.39, 0.29) is 17.6 Å². The standard InChI is InChI=1S/C38H60O10/c1-7-8-9-10-11-12-13-14-15-16-17-18-19-20-29(41)46-34-25(3)37(44)28-21-24(2)33(42)36(28,43)22-27(23-39)31(48-45)30(37)32-35(5,6)38(32,34)47-26(4)40/h21-22,25,28,30-32,34,39,43-45H,7-20,23H2,1-6H3/t25-,28-,30+,31+,32-,34-,36-,37+,38-/m1/s1. The number of hydrogen-bond acceptors (Lipinski definition) is 10. The first-order valence-corrected chi connectivity index (χ1v) is 18.4. The van der Waals surface area contributed by atoms with Gasteiger partial charge in [-0.2, -0.15) is 0 Å². The fourth-order valence-electron chi connectivity index (χ4n) is 9.73. The van der Waals surface area contributed by atoms with Crippen LogP contribution in [0.2, 0.25) is 0 Å². The molecular weight excluding hydrogens is 616 g/mol. The highest BCUT2D eigenvalue weighted by Crippen LogP contribution is 2.77. The molecule has 0 bridgehead atoms. The number of carbonyl (C=O) groups is 3. The van der Waals surface area contributed by atoms with Crippen molar-refractivity contribution in [1.82, 2.24) is 0 Å². The zero-order valence-corrected chi connectivity index (χ0v) is 30.0. The van der Waals surface area contributed by atoms with Crippen LogP contribution in [0.3, 0.4) is 0 Å². The van der Waals surface area contributed by atoms with Crippen molar-refractivity contribution in [2.75, 3.05) is 6.61 Å². The van der Waals surface area contributed by atoms with E-state index in [0.717, 1.165) is 19.3 Å². The molecule has 4 rings (SSSR count). The van der Waals surface area contributed by atoms with Gasteiger partial charge in [-0.15, -0.1) is 0 Å². The van der Waals surface area contributed by atoms with E-state index in [2.05, 4.69) is 6.92 Å². The maximum Gasteiger partial charge on any atom is 0.306 e. The molecule has 0 heterocycles. The number of ketones is 1. The molecule has 0 aromatic heterocycles. The van der Waals surface area contributed by atoms with Crippen LogP contribution in [0.4, 0.5) is 0 Å². The lowest BCUT2D eigenvalue weighted by Crippen LogP contribution is -2.68. The van der Waals surface area contributed by atoms with Crippen molar-refractivity contribution in [3.8, 4) is 0 Å². The van der Waals surface area contributed by atoms with Gasteiger partial charge >= 0.3 is 11.9 Å². The summed E-state index contributed by atoms with van der Waals surface area (Å²) in [5.41, 5.74) is -6.24. The second-order valence-electron chi connectivity index (χ2n) is 15.6. The first kappa shape index (κ1) is 38.7. The molecular formula is C38H60O10. The molecule has 4 aliphatic carbocycles. The monoisotopic (exact) mass is 676 g/mol. The Morgan fingerprint density at radius 3 is 1.96 bits per heavy atom. The lowest BCUT2D eigenvalue weighted by atomic mass is 9.58. The van der Waals surface area contributed by atoms with Gasteiger partial charge in [0.2, 0.25) is 0 Å². The number of fused-ring (bicyclic) bond motifs is 5. The average Bonchev–Trinajstić information content (AvgIpc) is 3.44. The van der Waals surface area contributed by atoms with Crippen molar-refractivity contribution in [1.29, 1.82) is 0 Å². The lowest BCUT2D eigenvalue weighted by molar-refractivity contribution is -0.313. The summed E-state index contributed by atoms with van der Waals surface area (Å²) in [6, 6.07) is 0. The summed E-state index contributed by atoms with van der Waals surface area (Å²) in [6.07, 6.45) is 15.7. The predicted molar refractivity (Wildman–Crippen MR) is 179 cm³/mol. The summed E-state index contributed by atoms with van der Waals surface area (Å²) < 4.78 is 12.2. The Balaban J connectivity index is 1.48. The van der Waals surface area contributed by atoms with Gasteiger partial charge in [-0.1, -0.05) is 111 Å². The van der Waals surface area contributed by atoms with Crippen LogP contribution in [-0.4, -0.2) is 73.9 Å². The molecule has 0 radical (unpaired) electrons. The maximum absolute atomic E-state index is 13.4. The van der Waals surface area contributed by atoms with Gasteiger partial charge in [0.05, 0.1) is 12.2 Å². The molecule has 4 aliphatic rings. The molecule has 10 nitrogen and oxygen atoms in total. The van der Waals surface area contributed by atoms with Crippen LogP contribution in [0.5, 0.6) is 0 Å². The first-order chi connectivity index (χ1) is 22.7. The zero-order valence-electron chi connectivity index (χ0n) is 30.0.